The molecule has 1 aliphatic carbocycles. The summed E-state index contributed by atoms with van der Waals surface area (Å²) in [6, 6.07) is 3.91. The number of ether oxygens (including phenoxy) is 1. The van der Waals surface area contributed by atoms with E-state index in [0.717, 1.165) is 44.2 Å². The third kappa shape index (κ3) is 6.28. The number of nitrogens with zero attached hydrogens (tertiary/aromatic N) is 3. The van der Waals surface area contributed by atoms with Crippen molar-refractivity contribution >= 4 is 17.8 Å². The van der Waals surface area contributed by atoms with Crippen LogP contribution in [0.5, 0.6) is 0 Å². The van der Waals surface area contributed by atoms with Gasteiger partial charge in [0.15, 0.2) is 0 Å². The molecule has 2 heterocycles. The molecule has 1 fully saturated rings. The number of carbonyl (C=O) groups excluding carboxylic acids is 3. The molecule has 0 saturated carbocycles. The van der Waals surface area contributed by atoms with E-state index in [2.05, 4.69) is 12.1 Å². The highest BCUT2D eigenvalue weighted by atomic mass is 16.5. The number of carbonyl (C=O) groups is 3. The second-order valence-corrected chi connectivity index (χ2v) is 8.55. The van der Waals surface area contributed by atoms with Crippen LogP contribution < -0.4 is 0 Å². The smallest absolute Gasteiger partial charge is 0.325 e. The molecule has 7 nitrogen and oxygen atoms in total. The Morgan fingerprint density at radius 3 is 2.81 bits per heavy atom. The van der Waals surface area contributed by atoms with E-state index >= 15 is 0 Å². The van der Waals surface area contributed by atoms with Gasteiger partial charge in [0.05, 0.1) is 6.61 Å². The lowest BCUT2D eigenvalue weighted by Gasteiger charge is -2.24. The maximum Gasteiger partial charge on any atom is 0.325 e. The van der Waals surface area contributed by atoms with E-state index in [4.69, 9.17) is 9.72 Å². The van der Waals surface area contributed by atoms with Crippen molar-refractivity contribution in [3.63, 3.8) is 0 Å². The van der Waals surface area contributed by atoms with Gasteiger partial charge in [0.1, 0.15) is 12.6 Å². The van der Waals surface area contributed by atoms with Gasteiger partial charge >= 0.3 is 5.97 Å². The first-order valence-corrected chi connectivity index (χ1v) is 11.7. The van der Waals surface area contributed by atoms with E-state index in [-0.39, 0.29) is 18.4 Å². The highest BCUT2D eigenvalue weighted by molar-refractivity contribution is 5.91. The summed E-state index contributed by atoms with van der Waals surface area (Å²) in [5, 5.41) is 0. The van der Waals surface area contributed by atoms with E-state index in [1.165, 1.54) is 29.0 Å². The average molecular weight is 430 g/mol. The van der Waals surface area contributed by atoms with Crippen molar-refractivity contribution in [3.05, 3.63) is 29.1 Å². The molecule has 7 heteroatoms. The summed E-state index contributed by atoms with van der Waals surface area (Å²) in [7, 11) is 1.69. The maximum absolute atomic E-state index is 12.6. The van der Waals surface area contributed by atoms with E-state index < -0.39 is 12.0 Å². The van der Waals surface area contributed by atoms with Gasteiger partial charge in [0.25, 0.3) is 0 Å². The standard InChI is InChI=1S/C24H35N3O4/c1-3-31-23(29)17-27-16-15-21(24(27)30)26(2)22(28)12-6-4-5-10-19-14-13-18-9-7-8-11-20(18)25-19/h13-14,21H,3-12,15-17H2,1-2H3. The summed E-state index contributed by atoms with van der Waals surface area (Å²) >= 11 is 0. The van der Waals surface area contributed by atoms with Crippen LogP contribution in [-0.4, -0.2) is 65.4 Å². The molecule has 0 bridgehead atoms. The molecular weight excluding hydrogens is 394 g/mol. The monoisotopic (exact) mass is 429 g/mol. The van der Waals surface area contributed by atoms with Crippen LogP contribution in [0.4, 0.5) is 0 Å². The van der Waals surface area contributed by atoms with Crippen molar-refractivity contribution < 1.29 is 19.1 Å². The lowest BCUT2D eigenvalue weighted by atomic mass is 9.95. The van der Waals surface area contributed by atoms with Crippen molar-refractivity contribution in [3.8, 4) is 0 Å². The number of amides is 2. The molecule has 1 aromatic rings. The fourth-order valence-corrected chi connectivity index (χ4v) is 4.48. The number of likely N-dealkylation sites (tertiary alicyclic amines) is 1. The van der Waals surface area contributed by atoms with Crippen LogP contribution in [0.25, 0.3) is 0 Å². The zero-order valence-corrected chi connectivity index (χ0v) is 18.9. The van der Waals surface area contributed by atoms with Gasteiger partial charge in [-0.25, -0.2) is 0 Å². The van der Waals surface area contributed by atoms with Crippen molar-refractivity contribution in [1.82, 2.24) is 14.8 Å². The zero-order valence-electron chi connectivity index (χ0n) is 18.9. The zero-order chi connectivity index (χ0) is 22.2. The average Bonchev–Trinajstić information content (AvgIpc) is 3.12. The van der Waals surface area contributed by atoms with E-state index in [1.807, 2.05) is 0 Å². The predicted molar refractivity (Wildman–Crippen MR) is 117 cm³/mol. The Bertz CT molecular complexity index is 795. The lowest BCUT2D eigenvalue weighted by molar-refractivity contribution is -0.149. The molecule has 0 N–H and O–H groups in total. The lowest BCUT2D eigenvalue weighted by Crippen LogP contribution is -2.44. The molecule has 2 amide bonds. The second kappa shape index (κ2) is 11.3. The quantitative estimate of drug-likeness (QED) is 0.422. The molecule has 170 valence electrons. The Balaban J connectivity index is 1.36. The van der Waals surface area contributed by atoms with Crippen molar-refractivity contribution in [2.45, 2.75) is 77.2 Å². The molecule has 0 aromatic carbocycles. The van der Waals surface area contributed by atoms with Gasteiger partial charge in [-0.2, -0.15) is 0 Å². The Morgan fingerprint density at radius 2 is 2.00 bits per heavy atom. The van der Waals surface area contributed by atoms with Gasteiger partial charge in [0, 0.05) is 31.4 Å². The third-order valence-corrected chi connectivity index (χ3v) is 6.31. The molecule has 0 spiro atoms. The third-order valence-electron chi connectivity index (χ3n) is 6.31. The summed E-state index contributed by atoms with van der Waals surface area (Å²) in [6.45, 7) is 2.48. The first kappa shape index (κ1) is 23.2. The first-order valence-electron chi connectivity index (χ1n) is 11.7. The number of fused-ring (bicyclic) bond motifs is 1. The molecule has 3 rings (SSSR count). The largest absolute Gasteiger partial charge is 0.465 e. The number of aromatic nitrogens is 1. The fraction of sp³-hybridized carbons (Fsp3) is 0.667. The SMILES string of the molecule is CCOC(=O)CN1CCC(N(C)C(=O)CCCCCc2ccc3c(n2)CCCC3)C1=O. The summed E-state index contributed by atoms with van der Waals surface area (Å²) in [5.74, 6) is -0.579. The van der Waals surface area contributed by atoms with E-state index in [0.29, 0.717) is 26.0 Å². The predicted octanol–water partition coefficient (Wildman–Crippen LogP) is 2.69. The van der Waals surface area contributed by atoms with Crippen molar-refractivity contribution in [2.24, 2.45) is 0 Å². The molecule has 1 aromatic heterocycles. The van der Waals surface area contributed by atoms with Crippen LogP contribution in [0.15, 0.2) is 12.1 Å². The van der Waals surface area contributed by atoms with Crippen LogP contribution in [0.2, 0.25) is 0 Å². The Hall–Kier alpha value is -2.44. The Labute approximate surface area is 185 Å². The minimum Gasteiger partial charge on any atom is -0.465 e. The fourth-order valence-electron chi connectivity index (χ4n) is 4.48. The first-order chi connectivity index (χ1) is 15.0. The molecule has 1 atom stereocenters. The number of hydrogen-bond donors (Lipinski definition) is 0. The van der Waals surface area contributed by atoms with Crippen molar-refractivity contribution in [1.29, 1.82) is 0 Å². The number of hydrogen-bond acceptors (Lipinski definition) is 5. The molecule has 1 aliphatic heterocycles. The Morgan fingerprint density at radius 1 is 1.19 bits per heavy atom. The van der Waals surface area contributed by atoms with Crippen LogP contribution in [0.3, 0.4) is 0 Å². The van der Waals surface area contributed by atoms with Crippen molar-refractivity contribution in [2.75, 3.05) is 26.7 Å². The van der Waals surface area contributed by atoms with Crippen LogP contribution in [-0.2, 0) is 38.4 Å². The van der Waals surface area contributed by atoms with Gasteiger partial charge < -0.3 is 14.5 Å². The molecule has 1 saturated heterocycles. The minimum absolute atomic E-state index is 0.0109. The highest BCUT2D eigenvalue weighted by Crippen LogP contribution is 2.21. The van der Waals surface area contributed by atoms with Gasteiger partial charge in [-0.1, -0.05) is 12.5 Å². The number of esters is 1. The minimum atomic E-state index is -0.471. The van der Waals surface area contributed by atoms with Gasteiger partial charge in [-0.15, -0.1) is 0 Å². The van der Waals surface area contributed by atoms with E-state index in [1.54, 1.807) is 18.9 Å². The number of aryl methyl sites for hydroxylation is 3. The summed E-state index contributed by atoms with van der Waals surface area (Å²) < 4.78 is 4.91. The highest BCUT2D eigenvalue weighted by Gasteiger charge is 2.37. The second-order valence-electron chi connectivity index (χ2n) is 8.55. The number of pyridine rings is 1. The molecule has 2 aliphatic rings. The normalized spacial score (nSPS) is 18.1. The number of unbranched alkanes of at least 4 members (excludes halogenated alkanes) is 2. The topological polar surface area (TPSA) is 79.8 Å². The summed E-state index contributed by atoms with van der Waals surface area (Å²) in [4.78, 5) is 44.6. The number of rotatable bonds is 10. The molecular formula is C24H35N3O4. The molecule has 1 unspecified atom stereocenters. The van der Waals surface area contributed by atoms with Crippen LogP contribution in [0, 0.1) is 0 Å². The van der Waals surface area contributed by atoms with Gasteiger partial charge in [-0.3, -0.25) is 19.4 Å². The van der Waals surface area contributed by atoms with Crippen LogP contribution in [0.1, 0.15) is 68.8 Å². The number of likely N-dealkylation sites (N-methyl/N-ethyl adjacent to an activating group) is 1. The molecule has 0 radical (unpaired) electrons. The summed E-state index contributed by atoms with van der Waals surface area (Å²) in [6.07, 6.45) is 9.49. The van der Waals surface area contributed by atoms with Gasteiger partial charge in [-0.05, 0) is 69.9 Å². The van der Waals surface area contributed by atoms with E-state index in [9.17, 15) is 14.4 Å². The Kier molecular flexibility index (Phi) is 8.43. The summed E-state index contributed by atoms with van der Waals surface area (Å²) in [5.41, 5.74) is 3.84. The van der Waals surface area contributed by atoms with Gasteiger partial charge in [0.2, 0.25) is 11.8 Å². The molecule has 31 heavy (non-hydrogen) atoms. The van der Waals surface area contributed by atoms with Crippen LogP contribution >= 0.6 is 0 Å². The maximum atomic E-state index is 12.6.